The lowest BCUT2D eigenvalue weighted by Crippen LogP contribution is -2.26. The Balaban J connectivity index is 2.25. The molecule has 1 aromatic rings. The van der Waals surface area contributed by atoms with Gasteiger partial charge in [-0.1, -0.05) is 24.3 Å². The summed E-state index contributed by atoms with van der Waals surface area (Å²) >= 11 is 0. The first kappa shape index (κ1) is 27.6. The molecule has 0 spiro atoms. The Morgan fingerprint density at radius 3 is 1.89 bits per heavy atom. The van der Waals surface area contributed by atoms with Gasteiger partial charge >= 0.3 is 5.97 Å². The predicted molar refractivity (Wildman–Crippen MR) is 147 cm³/mol. The molecular weight excluding hydrogens is 468 g/mol. The van der Waals surface area contributed by atoms with Gasteiger partial charge < -0.3 is 5.11 Å². The van der Waals surface area contributed by atoms with Crippen LogP contribution in [0.25, 0.3) is 4.85 Å². The molecule has 0 unspecified atom stereocenters. The van der Waals surface area contributed by atoms with Crippen LogP contribution in [0.4, 0.5) is 5.69 Å². The molecule has 0 amide bonds. The summed E-state index contributed by atoms with van der Waals surface area (Å²) in [6.07, 6.45) is 9.49. The molecule has 2 rings (SSSR count). The molecule has 1 N–H and O–H groups in total. The van der Waals surface area contributed by atoms with Crippen LogP contribution >= 0.6 is 0 Å². The molecule has 0 aliphatic carbocycles. The molecule has 1 aromatic carbocycles. The van der Waals surface area contributed by atoms with E-state index < -0.39 is 11.4 Å². The third-order valence-electron chi connectivity index (χ3n) is 4.66. The first-order valence-electron chi connectivity index (χ1n) is 10.7. The summed E-state index contributed by atoms with van der Waals surface area (Å²) in [5, 5.41) is 9.06. The molecule has 0 saturated carbocycles. The van der Waals surface area contributed by atoms with Crippen LogP contribution in [0, 0.1) is 114 Å². The normalized spacial score (nSPS) is 11.1. The molecule has 38 heavy (non-hydrogen) atoms. The van der Waals surface area contributed by atoms with Gasteiger partial charge in [-0.2, -0.15) is 0 Å². The van der Waals surface area contributed by atoms with Crippen molar-refractivity contribution in [2.45, 2.75) is 19.3 Å². The number of carboxylic acids is 1. The summed E-state index contributed by atoms with van der Waals surface area (Å²) in [6.45, 7) is 11.1. The number of hydrogen-bond acceptors (Lipinski definition) is 1. The Morgan fingerprint density at radius 2 is 1.39 bits per heavy atom. The summed E-state index contributed by atoms with van der Waals surface area (Å²) in [4.78, 5) is 14.1. The fraction of sp³-hybridized carbons (Fsp3) is 0.0882. The van der Waals surface area contributed by atoms with E-state index in [-0.39, 0.29) is 5.70 Å². The van der Waals surface area contributed by atoms with Gasteiger partial charge in [0.1, 0.15) is 0 Å². The maximum Gasteiger partial charge on any atom is 0.333 e. The number of rotatable bonds is 3. The molecule has 4 nitrogen and oxygen atoms in total. The lowest BCUT2D eigenvalue weighted by molar-refractivity contribution is -0.332. The number of terminal acetylenes is 1. The van der Waals surface area contributed by atoms with Crippen LogP contribution in [0.15, 0.2) is 48.2 Å². The number of carbonyl (C=O) groups is 1. The summed E-state index contributed by atoms with van der Waals surface area (Å²) in [5.41, 5.74) is 1.97. The van der Waals surface area contributed by atoms with Gasteiger partial charge in [-0.05, 0) is 67.3 Å². The van der Waals surface area contributed by atoms with Crippen LogP contribution in [0.3, 0.4) is 0 Å². The van der Waals surface area contributed by atoms with E-state index in [4.69, 9.17) is 18.1 Å². The molecule has 1 aliphatic rings. The van der Waals surface area contributed by atoms with Crippen molar-refractivity contribution in [2.75, 3.05) is 0 Å². The van der Waals surface area contributed by atoms with Gasteiger partial charge in [0.2, 0.25) is 17.4 Å². The lowest BCUT2D eigenvalue weighted by atomic mass is 9.81. The second kappa shape index (κ2) is 14.6. The highest BCUT2D eigenvalue weighted by Crippen LogP contribution is 2.39. The largest absolute Gasteiger partial charge is 0.486 e. The third kappa shape index (κ3) is 8.00. The summed E-state index contributed by atoms with van der Waals surface area (Å²) in [5.74, 6) is 38.8. The van der Waals surface area contributed by atoms with E-state index in [0.29, 0.717) is 0 Å². The average molecular weight is 484 g/mol. The highest BCUT2D eigenvalue weighted by molar-refractivity contribution is 6.03. The predicted octanol–water partition coefficient (Wildman–Crippen LogP) is 3.12. The Morgan fingerprint density at radius 1 is 0.895 bits per heavy atom. The van der Waals surface area contributed by atoms with Gasteiger partial charge in [-0.3, -0.25) is 4.79 Å². The van der Waals surface area contributed by atoms with Crippen LogP contribution in [0.1, 0.15) is 19.4 Å². The topological polar surface area (TPSA) is 44.7 Å². The summed E-state index contributed by atoms with van der Waals surface area (Å²) < 4.78 is 1.79. The minimum absolute atomic E-state index is 0.379. The van der Waals surface area contributed by atoms with E-state index in [1.807, 2.05) is 38.1 Å². The minimum atomic E-state index is -1.28. The number of nitrogens with zero attached hydrogens (tertiary/aromatic N) is 2. The monoisotopic (exact) mass is 483 g/mol. The first-order chi connectivity index (χ1) is 18.4. The van der Waals surface area contributed by atoms with Gasteiger partial charge in [-0.25, -0.2) is 4.85 Å². The van der Waals surface area contributed by atoms with E-state index >= 15 is 0 Å². The molecule has 1 heterocycles. The van der Waals surface area contributed by atoms with Crippen molar-refractivity contribution < 1.29 is 14.5 Å². The Kier molecular flexibility index (Phi) is 10.6. The Bertz CT molecular complexity index is 1870. The molecule has 0 atom stereocenters. The third-order valence-corrected chi connectivity index (χ3v) is 4.66. The highest BCUT2D eigenvalue weighted by atomic mass is 16.4. The standard InChI is InChI=1S/C34H14N2O2/c1-5-6-7-8-9-10-11-12-13-14-15-16-17-18-19-22-28-36-31-26-21-20-24-29(31)34(2,3)32(36)27-23-25-30(35-4)33(37)38/h1,20-21,23-27H,2-3H3/p+1. The average Bonchev–Trinajstić information content (AvgIpc) is 3.12. The summed E-state index contributed by atoms with van der Waals surface area (Å²) in [7, 11) is 0. The number of carboxylic acid groups (broad SMARTS) is 1. The molecule has 0 saturated heterocycles. The number of hydrogen-bond donors (Lipinski definition) is 1. The van der Waals surface area contributed by atoms with E-state index in [1.165, 1.54) is 12.2 Å². The Labute approximate surface area is 223 Å². The molecule has 0 radical (unpaired) electrons. The van der Waals surface area contributed by atoms with Crippen molar-refractivity contribution in [3.63, 3.8) is 0 Å². The SMILES string of the molecule is [C-]#[N+]C(=CC=CC1=[N+](C#CC#CC#CC#CC#CC#CC#CC#CC#C)c2ccccc2C1(C)C)C(=O)O. The first-order valence-corrected chi connectivity index (χ1v) is 10.7. The zero-order chi connectivity index (χ0) is 27.6. The van der Waals surface area contributed by atoms with Gasteiger partial charge in [0, 0.05) is 59.1 Å². The quantitative estimate of drug-likeness (QED) is 0.236. The van der Waals surface area contributed by atoms with Gasteiger partial charge in [0.15, 0.2) is 0 Å². The second-order valence-corrected chi connectivity index (χ2v) is 7.32. The van der Waals surface area contributed by atoms with Crippen LogP contribution in [-0.4, -0.2) is 21.4 Å². The van der Waals surface area contributed by atoms with Gasteiger partial charge in [0.25, 0.3) is 5.70 Å². The van der Waals surface area contributed by atoms with Crippen molar-refractivity contribution in [1.82, 2.24) is 0 Å². The second-order valence-electron chi connectivity index (χ2n) is 7.32. The minimum Gasteiger partial charge on any atom is -0.486 e. The van der Waals surface area contributed by atoms with Crippen molar-refractivity contribution in [1.29, 1.82) is 0 Å². The van der Waals surface area contributed by atoms with Crippen molar-refractivity contribution >= 4 is 17.4 Å². The maximum atomic E-state index is 11.1. The zero-order valence-electron chi connectivity index (χ0n) is 20.4. The van der Waals surface area contributed by atoms with E-state index in [0.717, 1.165) is 17.0 Å². The van der Waals surface area contributed by atoms with Crippen molar-refractivity contribution in [2.24, 2.45) is 0 Å². The van der Waals surface area contributed by atoms with Crippen LogP contribution in [0.5, 0.6) is 0 Å². The summed E-state index contributed by atoms with van der Waals surface area (Å²) in [6, 6.07) is 10.8. The molecule has 0 bridgehead atoms. The molecular formula is C34H15N2O2+. The molecule has 0 fully saturated rings. The van der Waals surface area contributed by atoms with Gasteiger partial charge in [-0.15, -0.1) is 11.0 Å². The number of fused-ring (bicyclic) bond motifs is 1. The number of para-hydroxylation sites is 1. The van der Waals surface area contributed by atoms with E-state index in [2.05, 4.69) is 106 Å². The van der Waals surface area contributed by atoms with Crippen LogP contribution in [0.2, 0.25) is 0 Å². The molecule has 1 aliphatic heterocycles. The fourth-order valence-corrected chi connectivity index (χ4v) is 3.06. The zero-order valence-corrected chi connectivity index (χ0v) is 20.4. The fourth-order valence-electron chi connectivity index (χ4n) is 3.06. The lowest BCUT2D eigenvalue weighted by Gasteiger charge is -2.14. The number of allylic oxidation sites excluding steroid dienone is 3. The van der Waals surface area contributed by atoms with E-state index in [9.17, 15) is 4.79 Å². The van der Waals surface area contributed by atoms with E-state index in [1.54, 1.807) is 10.7 Å². The highest BCUT2D eigenvalue weighted by Gasteiger charge is 2.44. The van der Waals surface area contributed by atoms with Crippen LogP contribution in [-0.2, 0) is 10.2 Å². The number of benzene rings is 1. The molecule has 172 valence electrons. The van der Waals surface area contributed by atoms with Crippen LogP contribution < -0.4 is 0 Å². The maximum absolute atomic E-state index is 11.1. The molecule has 0 aromatic heterocycles. The van der Waals surface area contributed by atoms with Gasteiger partial charge in [0.05, 0.1) is 17.9 Å². The Hall–Kier alpha value is -6.63. The molecule has 4 heteroatoms. The van der Waals surface area contributed by atoms with Crippen molar-refractivity contribution in [3.05, 3.63) is 65.2 Å². The number of aliphatic carboxylic acids is 1. The van der Waals surface area contributed by atoms with Crippen molar-refractivity contribution in [3.8, 4) is 107 Å². The smallest absolute Gasteiger partial charge is 0.333 e.